The van der Waals surface area contributed by atoms with Crippen molar-refractivity contribution in [3.8, 4) is 22.7 Å². The summed E-state index contributed by atoms with van der Waals surface area (Å²) in [5.41, 5.74) is 4.21. The Balaban J connectivity index is 1.26. The van der Waals surface area contributed by atoms with Crippen LogP contribution < -0.4 is 4.74 Å². The number of para-hydroxylation sites is 1. The van der Waals surface area contributed by atoms with Crippen LogP contribution in [0.2, 0.25) is 5.02 Å². The van der Waals surface area contributed by atoms with Gasteiger partial charge in [-0.15, -0.1) is 0 Å². The van der Waals surface area contributed by atoms with Crippen LogP contribution >= 0.6 is 35.6 Å². The number of hydrogen-bond donors (Lipinski definition) is 1. The molecule has 244 valence electrons. The van der Waals surface area contributed by atoms with Gasteiger partial charge in [-0.1, -0.05) is 123 Å². The monoisotopic (exact) mass is 687 g/mol. The van der Waals surface area contributed by atoms with E-state index in [1.165, 1.54) is 11.8 Å². The zero-order valence-corrected chi connectivity index (χ0v) is 28.5. The van der Waals surface area contributed by atoms with Crippen molar-refractivity contribution in [2.24, 2.45) is 0 Å². The molecule has 0 unspecified atom stereocenters. The number of benzene rings is 3. The number of halogens is 1. The first kappa shape index (κ1) is 34.4. The minimum absolute atomic E-state index is 0.0753. The number of carboxylic acids is 1. The Hall–Kier alpha value is -3.92. The van der Waals surface area contributed by atoms with Crippen LogP contribution in [-0.2, 0) is 16.2 Å². The quantitative estimate of drug-likeness (QED) is 0.0672. The lowest BCUT2D eigenvalue weighted by Gasteiger charge is -2.14. The van der Waals surface area contributed by atoms with Crippen LogP contribution in [0, 0.1) is 0 Å². The first-order valence-electron chi connectivity index (χ1n) is 16.0. The number of thiocarbonyl (C=S) groups is 1. The van der Waals surface area contributed by atoms with Gasteiger partial charge in [0.1, 0.15) is 22.4 Å². The van der Waals surface area contributed by atoms with Gasteiger partial charge in [-0.2, -0.15) is 5.10 Å². The highest BCUT2D eigenvalue weighted by molar-refractivity contribution is 8.26. The molecule has 1 aliphatic rings. The lowest BCUT2D eigenvalue weighted by molar-refractivity contribution is -0.137. The third kappa shape index (κ3) is 9.79. The fraction of sp³-hybridized carbons (Fsp3) is 0.297. The average molecular weight is 688 g/mol. The Bertz CT molecular complexity index is 1720. The largest absolute Gasteiger partial charge is 0.489 e. The number of aliphatic carboxylic acids is 1. The van der Waals surface area contributed by atoms with E-state index in [1.54, 1.807) is 4.90 Å². The molecule has 4 aromatic rings. The van der Waals surface area contributed by atoms with Crippen molar-refractivity contribution in [1.29, 1.82) is 0 Å². The molecular weight excluding hydrogens is 650 g/mol. The third-order valence-corrected chi connectivity index (χ3v) is 9.65. The van der Waals surface area contributed by atoms with Crippen LogP contribution in [0.4, 0.5) is 0 Å². The van der Waals surface area contributed by atoms with Gasteiger partial charge in [0, 0.05) is 40.9 Å². The lowest BCUT2D eigenvalue weighted by Crippen LogP contribution is -2.29. The molecule has 1 aromatic heterocycles. The summed E-state index contributed by atoms with van der Waals surface area (Å²) < 4.78 is 8.50. The second-order valence-electron chi connectivity index (χ2n) is 11.4. The molecule has 0 atom stereocenters. The maximum atomic E-state index is 13.5. The van der Waals surface area contributed by atoms with Gasteiger partial charge < -0.3 is 9.84 Å². The van der Waals surface area contributed by atoms with E-state index in [0.29, 0.717) is 33.1 Å². The fourth-order valence-electron chi connectivity index (χ4n) is 5.38. The molecule has 1 aliphatic heterocycles. The molecule has 1 amide bonds. The normalized spacial score (nSPS) is 13.9. The summed E-state index contributed by atoms with van der Waals surface area (Å²) in [5.74, 6) is -0.111. The molecule has 2 heterocycles. The van der Waals surface area contributed by atoms with E-state index in [9.17, 15) is 9.59 Å². The highest BCUT2D eigenvalue weighted by Gasteiger charge is 2.32. The molecule has 0 radical (unpaired) electrons. The SMILES string of the molecule is O=C(O)CCCCCCCCCCN1C(=O)/C(=C/c2cn(-c3ccccc3)nc2-c2cccc(OCc3ccccc3Cl)c2)SC1=S. The van der Waals surface area contributed by atoms with Gasteiger partial charge in [0.25, 0.3) is 5.91 Å². The molecule has 5 rings (SSSR count). The van der Waals surface area contributed by atoms with Gasteiger partial charge in [0.05, 0.1) is 10.6 Å². The van der Waals surface area contributed by atoms with Crippen molar-refractivity contribution >= 4 is 57.9 Å². The third-order valence-electron chi connectivity index (χ3n) is 7.91. The van der Waals surface area contributed by atoms with Crippen molar-refractivity contribution in [2.45, 2.75) is 64.4 Å². The Kier molecular flexibility index (Phi) is 12.7. The van der Waals surface area contributed by atoms with Crippen molar-refractivity contribution in [1.82, 2.24) is 14.7 Å². The number of aromatic nitrogens is 2. The molecule has 0 aliphatic carbocycles. The number of thioether (sulfide) groups is 1. The highest BCUT2D eigenvalue weighted by Crippen LogP contribution is 2.36. The zero-order chi connectivity index (χ0) is 33.0. The summed E-state index contributed by atoms with van der Waals surface area (Å²) in [5, 5.41) is 14.3. The van der Waals surface area contributed by atoms with Crippen molar-refractivity contribution in [3.05, 3.63) is 106 Å². The van der Waals surface area contributed by atoms with Crippen LogP contribution in [0.15, 0.2) is 90.0 Å². The standard InChI is InChI=1S/C37H38ClN3O4S2/c38-32-20-12-11-15-28(32)26-45-31-19-14-16-27(23-31)35-29(25-41(39-35)30-17-8-7-9-18-30)24-33-36(44)40(37(46)47-33)22-13-6-4-2-1-3-5-10-21-34(42)43/h7-9,11-12,14-20,23-25H,1-6,10,13,21-22,26H2,(H,42,43)/b33-24-. The van der Waals surface area contributed by atoms with E-state index in [2.05, 4.69) is 0 Å². The fourth-order valence-corrected chi connectivity index (χ4v) is 6.87. The Labute approximate surface area is 290 Å². The number of nitrogens with zero attached hydrogens (tertiary/aromatic N) is 3. The van der Waals surface area contributed by atoms with Crippen molar-refractivity contribution < 1.29 is 19.4 Å². The molecule has 3 aromatic carbocycles. The maximum absolute atomic E-state index is 13.5. The summed E-state index contributed by atoms with van der Waals surface area (Å²) in [6, 6.07) is 25.3. The van der Waals surface area contributed by atoms with Crippen LogP contribution in [0.3, 0.4) is 0 Å². The molecule has 1 fully saturated rings. The number of carboxylic acid groups (broad SMARTS) is 1. The minimum atomic E-state index is -0.723. The predicted octanol–water partition coefficient (Wildman–Crippen LogP) is 9.57. The second-order valence-corrected chi connectivity index (χ2v) is 13.5. The zero-order valence-electron chi connectivity index (χ0n) is 26.1. The van der Waals surface area contributed by atoms with Crippen LogP contribution in [-0.4, -0.2) is 42.5 Å². The second kappa shape index (κ2) is 17.3. The first-order valence-corrected chi connectivity index (χ1v) is 17.6. The number of hydrogen-bond acceptors (Lipinski definition) is 6. The van der Waals surface area contributed by atoms with Gasteiger partial charge in [0.15, 0.2) is 0 Å². The molecule has 7 nitrogen and oxygen atoms in total. The molecular formula is C37H38ClN3O4S2. The van der Waals surface area contributed by atoms with E-state index < -0.39 is 5.97 Å². The molecule has 1 N–H and O–H groups in total. The van der Waals surface area contributed by atoms with Gasteiger partial charge >= 0.3 is 5.97 Å². The Morgan fingerprint density at radius 2 is 1.62 bits per heavy atom. The van der Waals surface area contributed by atoms with Gasteiger partial charge in [-0.05, 0) is 49.2 Å². The lowest BCUT2D eigenvalue weighted by atomic mass is 10.1. The number of unbranched alkanes of at least 4 members (excludes halogenated alkanes) is 7. The van der Waals surface area contributed by atoms with E-state index >= 15 is 0 Å². The summed E-state index contributed by atoms with van der Waals surface area (Å²) in [6.07, 6.45) is 12.1. The number of ether oxygens (including phenoxy) is 1. The predicted molar refractivity (Wildman–Crippen MR) is 194 cm³/mol. The van der Waals surface area contributed by atoms with Crippen LogP contribution in [0.1, 0.15) is 68.9 Å². The van der Waals surface area contributed by atoms with Gasteiger partial charge in [0.2, 0.25) is 0 Å². The van der Waals surface area contributed by atoms with E-state index in [4.69, 9.17) is 38.8 Å². The minimum Gasteiger partial charge on any atom is -0.489 e. The summed E-state index contributed by atoms with van der Waals surface area (Å²) in [6.45, 7) is 0.938. The number of carbonyl (C=O) groups excluding carboxylic acids is 1. The van der Waals surface area contributed by atoms with Crippen molar-refractivity contribution in [2.75, 3.05) is 6.54 Å². The first-order chi connectivity index (χ1) is 22.9. The van der Waals surface area contributed by atoms with E-state index in [-0.39, 0.29) is 12.3 Å². The smallest absolute Gasteiger partial charge is 0.303 e. The molecule has 1 saturated heterocycles. The van der Waals surface area contributed by atoms with Gasteiger partial charge in [-0.25, -0.2) is 4.68 Å². The highest BCUT2D eigenvalue weighted by atomic mass is 35.5. The van der Waals surface area contributed by atoms with Crippen LogP contribution in [0.5, 0.6) is 5.75 Å². The summed E-state index contributed by atoms with van der Waals surface area (Å²) in [4.78, 5) is 26.4. The van der Waals surface area contributed by atoms with E-state index in [1.807, 2.05) is 95.8 Å². The topological polar surface area (TPSA) is 84.7 Å². The molecule has 0 bridgehead atoms. The molecule has 47 heavy (non-hydrogen) atoms. The molecule has 0 spiro atoms. The molecule has 10 heteroatoms. The maximum Gasteiger partial charge on any atom is 0.303 e. The number of rotatable bonds is 17. The number of amides is 1. The van der Waals surface area contributed by atoms with Crippen LogP contribution in [0.25, 0.3) is 23.0 Å². The van der Waals surface area contributed by atoms with E-state index in [0.717, 1.165) is 79.4 Å². The summed E-state index contributed by atoms with van der Waals surface area (Å²) >= 11 is 13.3. The van der Waals surface area contributed by atoms with Crippen molar-refractivity contribution in [3.63, 3.8) is 0 Å². The number of carbonyl (C=O) groups is 2. The molecule has 0 saturated carbocycles. The van der Waals surface area contributed by atoms with Gasteiger partial charge in [-0.3, -0.25) is 14.5 Å². The Morgan fingerprint density at radius 3 is 2.36 bits per heavy atom. The Morgan fingerprint density at radius 1 is 0.915 bits per heavy atom. The summed E-state index contributed by atoms with van der Waals surface area (Å²) in [7, 11) is 0. The average Bonchev–Trinajstić information content (AvgIpc) is 3.61.